The molecule has 0 spiro atoms. The molecule has 0 saturated carbocycles. The normalized spacial score (nSPS) is 18.9. The Morgan fingerprint density at radius 1 is 1.07 bits per heavy atom. The Morgan fingerprint density at radius 3 is 2.41 bits per heavy atom. The van der Waals surface area contributed by atoms with Crippen LogP contribution in [-0.4, -0.2) is 27.0 Å². The average Bonchev–Trinajstić information content (AvgIpc) is 3.30. The molecular formula is C20H15N3O3S. The van der Waals surface area contributed by atoms with Gasteiger partial charge in [0.15, 0.2) is 0 Å². The number of hydrogen-bond donors (Lipinski definition) is 1. The van der Waals surface area contributed by atoms with E-state index in [0.29, 0.717) is 16.3 Å². The monoisotopic (exact) mass is 377 g/mol. The zero-order valence-electron chi connectivity index (χ0n) is 14.4. The Morgan fingerprint density at radius 2 is 1.78 bits per heavy atom. The molecule has 1 aliphatic heterocycles. The van der Waals surface area contributed by atoms with Crippen molar-refractivity contribution in [3.05, 3.63) is 82.4 Å². The van der Waals surface area contributed by atoms with Crippen LogP contribution in [0.3, 0.4) is 0 Å². The molecule has 1 N–H and O–H groups in total. The molecule has 0 bridgehead atoms. The van der Waals surface area contributed by atoms with E-state index in [1.54, 1.807) is 24.3 Å². The van der Waals surface area contributed by atoms with E-state index in [0.717, 1.165) is 16.9 Å². The Labute approximate surface area is 159 Å². The van der Waals surface area contributed by atoms with Crippen molar-refractivity contribution in [3.63, 3.8) is 0 Å². The molecule has 1 saturated heterocycles. The van der Waals surface area contributed by atoms with Gasteiger partial charge in [0.1, 0.15) is 11.3 Å². The fourth-order valence-electron chi connectivity index (χ4n) is 3.12. The van der Waals surface area contributed by atoms with E-state index in [1.807, 2.05) is 37.3 Å². The minimum Gasteiger partial charge on any atom is -0.507 e. The highest BCUT2D eigenvalue weighted by atomic mass is 32.1. The van der Waals surface area contributed by atoms with Crippen molar-refractivity contribution >= 4 is 33.9 Å². The summed E-state index contributed by atoms with van der Waals surface area (Å²) >= 11 is 1.16. The zero-order valence-corrected chi connectivity index (χ0v) is 15.2. The second-order valence-electron chi connectivity index (χ2n) is 6.17. The molecule has 2 heterocycles. The van der Waals surface area contributed by atoms with E-state index in [1.165, 1.54) is 10.4 Å². The molecule has 6 nitrogen and oxygen atoms in total. The largest absolute Gasteiger partial charge is 0.507 e. The number of nitrogens with zero attached hydrogens (tertiary/aromatic N) is 3. The summed E-state index contributed by atoms with van der Waals surface area (Å²) in [6.07, 6.45) is 0. The van der Waals surface area contributed by atoms with Crippen molar-refractivity contribution in [1.29, 1.82) is 0 Å². The van der Waals surface area contributed by atoms with Crippen molar-refractivity contribution in [3.8, 4) is 0 Å². The summed E-state index contributed by atoms with van der Waals surface area (Å²) in [4.78, 5) is 26.9. The van der Waals surface area contributed by atoms with Crippen molar-refractivity contribution < 1.29 is 14.7 Å². The zero-order chi connectivity index (χ0) is 19.0. The summed E-state index contributed by atoms with van der Waals surface area (Å²) in [7, 11) is 0. The van der Waals surface area contributed by atoms with Gasteiger partial charge >= 0.3 is 5.91 Å². The van der Waals surface area contributed by atoms with Gasteiger partial charge in [0.25, 0.3) is 5.78 Å². The maximum Gasteiger partial charge on any atom is 0.301 e. The van der Waals surface area contributed by atoms with Gasteiger partial charge in [-0.25, -0.2) is 0 Å². The lowest BCUT2D eigenvalue weighted by Crippen LogP contribution is -2.29. The number of aromatic nitrogens is 2. The van der Waals surface area contributed by atoms with E-state index in [-0.39, 0.29) is 11.3 Å². The SMILES string of the molecule is Cc1ccc(C2C(=C(O)c3ccccc3)C(=O)C(=O)N2c2nncs2)cc1. The number of aliphatic hydroxyl groups excluding tert-OH is 1. The van der Waals surface area contributed by atoms with E-state index in [9.17, 15) is 14.7 Å². The first-order valence-corrected chi connectivity index (χ1v) is 9.15. The summed E-state index contributed by atoms with van der Waals surface area (Å²) in [5.74, 6) is -1.67. The first-order chi connectivity index (χ1) is 13.1. The van der Waals surface area contributed by atoms with Crippen LogP contribution in [0.4, 0.5) is 5.13 Å². The lowest BCUT2D eigenvalue weighted by molar-refractivity contribution is -0.132. The van der Waals surface area contributed by atoms with E-state index >= 15 is 0 Å². The van der Waals surface area contributed by atoms with Crippen LogP contribution in [0.2, 0.25) is 0 Å². The van der Waals surface area contributed by atoms with E-state index < -0.39 is 17.7 Å². The molecule has 134 valence electrons. The van der Waals surface area contributed by atoms with E-state index in [4.69, 9.17) is 0 Å². The lowest BCUT2D eigenvalue weighted by atomic mass is 9.95. The van der Waals surface area contributed by atoms with Gasteiger partial charge in [0.2, 0.25) is 5.13 Å². The number of carbonyl (C=O) groups is 2. The predicted molar refractivity (Wildman–Crippen MR) is 102 cm³/mol. The first-order valence-electron chi connectivity index (χ1n) is 8.27. The van der Waals surface area contributed by atoms with Crippen molar-refractivity contribution in [2.45, 2.75) is 13.0 Å². The summed E-state index contributed by atoms with van der Waals surface area (Å²) in [5, 5.41) is 18.9. The molecule has 1 fully saturated rings. The van der Waals surface area contributed by atoms with Gasteiger partial charge < -0.3 is 5.11 Å². The molecule has 3 aromatic rings. The van der Waals surface area contributed by atoms with Gasteiger partial charge in [-0.3, -0.25) is 14.5 Å². The van der Waals surface area contributed by atoms with Crippen LogP contribution in [0.1, 0.15) is 22.7 Å². The number of hydrogen-bond acceptors (Lipinski definition) is 6. The maximum atomic E-state index is 12.8. The highest BCUT2D eigenvalue weighted by Crippen LogP contribution is 2.42. The van der Waals surface area contributed by atoms with Crippen LogP contribution in [-0.2, 0) is 9.59 Å². The first kappa shape index (κ1) is 17.1. The molecule has 1 unspecified atom stereocenters. The third kappa shape index (κ3) is 2.92. The molecular weight excluding hydrogens is 362 g/mol. The summed E-state index contributed by atoms with van der Waals surface area (Å²) in [6.45, 7) is 1.95. The molecule has 27 heavy (non-hydrogen) atoms. The van der Waals surface area contributed by atoms with Crippen LogP contribution < -0.4 is 4.90 Å². The molecule has 1 atom stereocenters. The van der Waals surface area contributed by atoms with Crippen LogP contribution in [0, 0.1) is 6.92 Å². The molecule has 7 heteroatoms. The number of aryl methyl sites for hydroxylation is 1. The maximum absolute atomic E-state index is 12.8. The highest BCUT2D eigenvalue weighted by molar-refractivity contribution is 7.13. The van der Waals surface area contributed by atoms with Crippen molar-refractivity contribution in [2.75, 3.05) is 4.90 Å². The van der Waals surface area contributed by atoms with Gasteiger partial charge in [0, 0.05) is 5.56 Å². The smallest absolute Gasteiger partial charge is 0.301 e. The summed E-state index contributed by atoms with van der Waals surface area (Å²) in [6, 6.07) is 15.5. The Hall–Kier alpha value is -3.32. The van der Waals surface area contributed by atoms with Crippen molar-refractivity contribution in [1.82, 2.24) is 10.2 Å². The van der Waals surface area contributed by atoms with Gasteiger partial charge in [-0.15, -0.1) is 10.2 Å². The Bertz CT molecular complexity index is 1030. The molecule has 0 radical (unpaired) electrons. The quantitative estimate of drug-likeness (QED) is 0.429. The minimum absolute atomic E-state index is 0.0465. The van der Waals surface area contributed by atoms with Crippen LogP contribution >= 0.6 is 11.3 Å². The number of amides is 1. The van der Waals surface area contributed by atoms with Gasteiger partial charge in [0.05, 0.1) is 11.6 Å². The fourth-order valence-corrected chi connectivity index (χ4v) is 3.70. The van der Waals surface area contributed by atoms with E-state index in [2.05, 4.69) is 10.2 Å². The minimum atomic E-state index is -0.765. The second-order valence-corrected chi connectivity index (χ2v) is 6.98. The summed E-state index contributed by atoms with van der Waals surface area (Å²) in [5.41, 5.74) is 3.79. The number of rotatable bonds is 3. The number of Topliss-reactive ketones (excluding diaryl/α,β-unsaturated/α-hetero) is 1. The highest BCUT2D eigenvalue weighted by Gasteiger charge is 2.48. The molecule has 1 aromatic heterocycles. The number of carbonyl (C=O) groups excluding carboxylic acids is 2. The van der Waals surface area contributed by atoms with Gasteiger partial charge in [-0.2, -0.15) is 0 Å². The molecule has 1 aliphatic rings. The van der Waals surface area contributed by atoms with Crippen LogP contribution in [0.25, 0.3) is 5.76 Å². The van der Waals surface area contributed by atoms with Crippen LogP contribution in [0.5, 0.6) is 0 Å². The average molecular weight is 377 g/mol. The Balaban J connectivity index is 1.94. The molecule has 2 aromatic carbocycles. The molecule has 0 aliphatic carbocycles. The molecule has 4 rings (SSSR count). The number of aliphatic hydroxyl groups is 1. The number of ketones is 1. The predicted octanol–water partition coefficient (Wildman–Crippen LogP) is 3.47. The fraction of sp³-hybridized carbons (Fsp3) is 0.100. The van der Waals surface area contributed by atoms with Crippen molar-refractivity contribution in [2.24, 2.45) is 0 Å². The third-order valence-corrected chi connectivity index (χ3v) is 5.13. The summed E-state index contributed by atoms with van der Waals surface area (Å²) < 4.78 is 0. The molecule has 1 amide bonds. The number of benzene rings is 2. The third-order valence-electron chi connectivity index (χ3n) is 4.44. The topological polar surface area (TPSA) is 83.4 Å². The van der Waals surface area contributed by atoms with Crippen LogP contribution in [0.15, 0.2) is 65.7 Å². The second kappa shape index (κ2) is 6.77. The Kier molecular flexibility index (Phi) is 4.29. The standard InChI is InChI=1S/C20H15N3O3S/c1-12-7-9-13(10-8-12)16-15(17(24)14-5-3-2-4-6-14)18(25)19(26)23(16)20-22-21-11-27-20/h2-11,16,24H,1H3. The lowest BCUT2D eigenvalue weighted by Gasteiger charge is -2.22. The number of anilines is 1. The van der Waals surface area contributed by atoms with Gasteiger partial charge in [-0.05, 0) is 12.5 Å². The van der Waals surface area contributed by atoms with Gasteiger partial charge in [-0.1, -0.05) is 71.5 Å².